The van der Waals surface area contributed by atoms with Gasteiger partial charge in [-0.25, -0.2) is 0 Å². The fraction of sp³-hybridized carbons (Fsp3) is 0.889. The first-order chi connectivity index (χ1) is 11.1. The third-order valence-corrected chi connectivity index (χ3v) is 5.12. The molecule has 2 amide bonds. The van der Waals surface area contributed by atoms with Gasteiger partial charge < -0.3 is 15.1 Å². The number of carbonyl (C=O) groups is 2. The third kappa shape index (κ3) is 6.13. The number of piperidine rings is 1. The van der Waals surface area contributed by atoms with Crippen molar-refractivity contribution in [2.75, 3.05) is 32.7 Å². The van der Waals surface area contributed by atoms with Gasteiger partial charge in [-0.05, 0) is 52.0 Å². The second kappa shape index (κ2) is 9.26. The summed E-state index contributed by atoms with van der Waals surface area (Å²) in [4.78, 5) is 28.5. The van der Waals surface area contributed by atoms with E-state index in [0.29, 0.717) is 18.4 Å². The van der Waals surface area contributed by atoms with Crippen LogP contribution in [0.1, 0.15) is 58.8 Å². The Morgan fingerprint density at radius 2 is 1.96 bits per heavy atom. The SMILES string of the molecule is CC(C)N1CCCC(CNC(=O)CN2CCCCCCC2=O)C1. The highest BCUT2D eigenvalue weighted by Crippen LogP contribution is 2.17. The molecular formula is C18H33N3O2. The van der Waals surface area contributed by atoms with E-state index in [1.54, 1.807) is 4.90 Å². The minimum Gasteiger partial charge on any atom is -0.354 e. The van der Waals surface area contributed by atoms with E-state index in [-0.39, 0.29) is 18.4 Å². The quantitative estimate of drug-likeness (QED) is 0.842. The van der Waals surface area contributed by atoms with Gasteiger partial charge >= 0.3 is 0 Å². The van der Waals surface area contributed by atoms with E-state index in [9.17, 15) is 9.59 Å². The third-order valence-electron chi connectivity index (χ3n) is 5.12. The molecule has 2 rings (SSSR count). The van der Waals surface area contributed by atoms with Crippen molar-refractivity contribution in [3.63, 3.8) is 0 Å². The zero-order chi connectivity index (χ0) is 16.7. The molecule has 0 bridgehead atoms. The number of amides is 2. The topological polar surface area (TPSA) is 52.7 Å². The maximum absolute atomic E-state index is 12.2. The van der Waals surface area contributed by atoms with Crippen LogP contribution in [0, 0.1) is 5.92 Å². The summed E-state index contributed by atoms with van der Waals surface area (Å²) in [5.41, 5.74) is 0. The lowest BCUT2D eigenvalue weighted by Gasteiger charge is -2.35. The molecule has 2 fully saturated rings. The summed E-state index contributed by atoms with van der Waals surface area (Å²) in [5.74, 6) is 0.683. The van der Waals surface area contributed by atoms with Gasteiger partial charge in [0.1, 0.15) is 0 Å². The maximum Gasteiger partial charge on any atom is 0.239 e. The maximum atomic E-state index is 12.2. The molecule has 132 valence electrons. The van der Waals surface area contributed by atoms with Crippen LogP contribution in [0.25, 0.3) is 0 Å². The molecule has 23 heavy (non-hydrogen) atoms. The van der Waals surface area contributed by atoms with Gasteiger partial charge in [-0.3, -0.25) is 9.59 Å². The monoisotopic (exact) mass is 323 g/mol. The lowest BCUT2D eigenvalue weighted by atomic mass is 9.97. The predicted molar refractivity (Wildman–Crippen MR) is 92.1 cm³/mol. The molecule has 2 aliphatic heterocycles. The van der Waals surface area contributed by atoms with Crippen molar-refractivity contribution in [2.45, 2.75) is 64.8 Å². The molecule has 0 aromatic heterocycles. The minimum absolute atomic E-state index is 0.000550. The number of nitrogens with one attached hydrogen (secondary N) is 1. The van der Waals surface area contributed by atoms with Gasteiger partial charge in [0, 0.05) is 32.1 Å². The molecule has 2 heterocycles. The molecule has 1 unspecified atom stereocenters. The number of hydrogen-bond acceptors (Lipinski definition) is 3. The van der Waals surface area contributed by atoms with E-state index >= 15 is 0 Å². The normalized spacial score (nSPS) is 24.4. The molecule has 0 spiro atoms. The molecule has 2 aliphatic rings. The van der Waals surface area contributed by atoms with E-state index in [1.807, 2.05) is 0 Å². The van der Waals surface area contributed by atoms with Gasteiger partial charge in [-0.2, -0.15) is 0 Å². The smallest absolute Gasteiger partial charge is 0.239 e. The Morgan fingerprint density at radius 3 is 2.74 bits per heavy atom. The van der Waals surface area contributed by atoms with E-state index in [0.717, 1.165) is 38.9 Å². The molecule has 1 atom stereocenters. The fourth-order valence-corrected chi connectivity index (χ4v) is 3.60. The summed E-state index contributed by atoms with van der Waals surface area (Å²) >= 11 is 0. The highest BCUT2D eigenvalue weighted by Gasteiger charge is 2.23. The fourth-order valence-electron chi connectivity index (χ4n) is 3.60. The Balaban J connectivity index is 1.72. The second-order valence-electron chi connectivity index (χ2n) is 7.38. The van der Waals surface area contributed by atoms with Crippen molar-refractivity contribution >= 4 is 11.8 Å². The van der Waals surface area contributed by atoms with E-state index in [1.165, 1.54) is 25.8 Å². The number of nitrogens with zero attached hydrogens (tertiary/aromatic N) is 2. The van der Waals surface area contributed by atoms with E-state index in [4.69, 9.17) is 0 Å². The van der Waals surface area contributed by atoms with Crippen LogP contribution in [-0.2, 0) is 9.59 Å². The molecule has 5 heteroatoms. The predicted octanol–water partition coefficient (Wildman–Crippen LogP) is 2.02. The zero-order valence-corrected chi connectivity index (χ0v) is 14.9. The number of likely N-dealkylation sites (tertiary alicyclic amines) is 2. The molecule has 0 radical (unpaired) electrons. The molecule has 0 aromatic rings. The summed E-state index contributed by atoms with van der Waals surface area (Å²) in [6.07, 6.45) is 7.28. The Morgan fingerprint density at radius 1 is 1.17 bits per heavy atom. The molecule has 0 saturated carbocycles. The Bertz CT molecular complexity index is 398. The van der Waals surface area contributed by atoms with Gasteiger partial charge in [0.2, 0.25) is 11.8 Å². The lowest BCUT2D eigenvalue weighted by molar-refractivity contribution is -0.136. The minimum atomic E-state index is 0.000550. The first-order valence-electron chi connectivity index (χ1n) is 9.35. The standard InChI is InChI=1S/C18H33N3O2/c1-15(2)20-11-7-8-16(13-20)12-19-17(22)14-21-10-6-4-3-5-9-18(21)23/h15-16H,3-14H2,1-2H3,(H,19,22). The Labute approximate surface area is 140 Å². The number of rotatable bonds is 5. The molecule has 0 aromatic carbocycles. The average Bonchev–Trinajstić information content (AvgIpc) is 2.53. The summed E-state index contributed by atoms with van der Waals surface area (Å²) in [6, 6.07) is 0.576. The lowest BCUT2D eigenvalue weighted by Crippen LogP contribution is -2.46. The molecule has 1 N–H and O–H groups in total. The largest absolute Gasteiger partial charge is 0.354 e. The molecular weight excluding hydrogens is 290 g/mol. The zero-order valence-electron chi connectivity index (χ0n) is 14.9. The Hall–Kier alpha value is -1.10. The van der Waals surface area contributed by atoms with Gasteiger partial charge in [0.05, 0.1) is 6.54 Å². The van der Waals surface area contributed by atoms with Gasteiger partial charge in [-0.15, -0.1) is 0 Å². The summed E-state index contributed by atoms with van der Waals surface area (Å²) in [6.45, 7) is 8.41. The van der Waals surface area contributed by atoms with Crippen LogP contribution in [-0.4, -0.2) is 60.4 Å². The second-order valence-corrected chi connectivity index (χ2v) is 7.38. The first kappa shape index (κ1) is 18.2. The molecule has 5 nitrogen and oxygen atoms in total. The van der Waals surface area contributed by atoms with Crippen molar-refractivity contribution in [3.8, 4) is 0 Å². The van der Waals surface area contributed by atoms with Crippen molar-refractivity contribution in [3.05, 3.63) is 0 Å². The van der Waals surface area contributed by atoms with Crippen LogP contribution in [0.3, 0.4) is 0 Å². The highest BCUT2D eigenvalue weighted by atomic mass is 16.2. The van der Waals surface area contributed by atoms with Gasteiger partial charge in [0.15, 0.2) is 0 Å². The first-order valence-corrected chi connectivity index (χ1v) is 9.35. The molecule has 2 saturated heterocycles. The van der Waals surface area contributed by atoms with Gasteiger partial charge in [-0.1, -0.05) is 12.8 Å². The van der Waals surface area contributed by atoms with Crippen LogP contribution in [0.5, 0.6) is 0 Å². The summed E-state index contributed by atoms with van der Waals surface area (Å²) in [5, 5.41) is 3.06. The van der Waals surface area contributed by atoms with Crippen LogP contribution >= 0.6 is 0 Å². The molecule has 0 aliphatic carbocycles. The van der Waals surface area contributed by atoms with Crippen LogP contribution in [0.4, 0.5) is 0 Å². The summed E-state index contributed by atoms with van der Waals surface area (Å²) < 4.78 is 0. The Kier molecular flexibility index (Phi) is 7.34. The number of hydrogen-bond donors (Lipinski definition) is 1. The van der Waals surface area contributed by atoms with E-state index in [2.05, 4.69) is 24.1 Å². The van der Waals surface area contributed by atoms with Crippen molar-refractivity contribution in [1.29, 1.82) is 0 Å². The number of carbonyl (C=O) groups excluding carboxylic acids is 2. The average molecular weight is 323 g/mol. The van der Waals surface area contributed by atoms with Crippen LogP contribution in [0.15, 0.2) is 0 Å². The van der Waals surface area contributed by atoms with Crippen molar-refractivity contribution in [1.82, 2.24) is 15.1 Å². The van der Waals surface area contributed by atoms with Crippen molar-refractivity contribution in [2.24, 2.45) is 5.92 Å². The van der Waals surface area contributed by atoms with Gasteiger partial charge in [0.25, 0.3) is 0 Å². The van der Waals surface area contributed by atoms with Crippen LogP contribution < -0.4 is 5.32 Å². The summed E-state index contributed by atoms with van der Waals surface area (Å²) in [7, 11) is 0. The van der Waals surface area contributed by atoms with Crippen LogP contribution in [0.2, 0.25) is 0 Å². The highest BCUT2D eigenvalue weighted by molar-refractivity contribution is 5.84. The van der Waals surface area contributed by atoms with Crippen molar-refractivity contribution < 1.29 is 9.59 Å². The van der Waals surface area contributed by atoms with E-state index < -0.39 is 0 Å².